The zero-order valence-corrected chi connectivity index (χ0v) is 10.4. The van der Waals surface area contributed by atoms with Crippen molar-refractivity contribution in [1.82, 2.24) is 0 Å². The largest absolute Gasteiger partial charge is 2.00 e. The average molecular weight is 149 g/mol. The van der Waals surface area contributed by atoms with Crippen LogP contribution in [-0.2, 0) is 28.0 Å². The summed E-state index contributed by atoms with van der Waals surface area (Å²) in [5.74, 6) is 0. The van der Waals surface area contributed by atoms with Crippen molar-refractivity contribution in [3.63, 3.8) is 0 Å². The molecular weight excluding hydrogens is 147 g/mol. The molecule has 0 aromatic rings. The minimum atomic E-state index is 0. The van der Waals surface area contributed by atoms with Gasteiger partial charge in [0, 0.05) is 0 Å². The fourth-order valence-electron chi connectivity index (χ4n) is 0. The standard InChI is InChI=1S/2Li.Mn.2Na.2O.2H/q2*+1;+2;2*+1;2*-2;2*-1. The molecule has 25 valence electrons. The molecule has 0 unspecified atom stereocenters. The van der Waals surface area contributed by atoms with Crippen LogP contribution in [0.25, 0.3) is 0 Å². The molecule has 0 aliphatic heterocycles. The van der Waals surface area contributed by atoms with Gasteiger partial charge < -0.3 is 13.8 Å². The Morgan fingerprint density at radius 3 is 0.714 bits per heavy atom. The topological polar surface area (TPSA) is 57.0 Å². The Hall–Kier alpha value is 3.63. The van der Waals surface area contributed by atoms with Crippen molar-refractivity contribution < 1.29 is 128 Å². The molecule has 0 fully saturated rings. The van der Waals surface area contributed by atoms with Crippen LogP contribution in [0, 0.1) is 0 Å². The maximum absolute atomic E-state index is 0. The summed E-state index contributed by atoms with van der Waals surface area (Å²) in [5.41, 5.74) is 0. The van der Waals surface area contributed by atoms with Crippen molar-refractivity contribution in [1.29, 1.82) is 0 Å². The van der Waals surface area contributed by atoms with Crippen molar-refractivity contribution in [3.05, 3.63) is 0 Å². The van der Waals surface area contributed by atoms with Gasteiger partial charge in [0.05, 0.1) is 0 Å². The fraction of sp³-hybridized carbons (Fsp3) is 0. The molecule has 7 heavy (non-hydrogen) atoms. The van der Waals surface area contributed by atoms with E-state index >= 15 is 0 Å². The molecule has 0 rings (SSSR count). The molecule has 0 heterocycles. The second-order valence-electron chi connectivity index (χ2n) is 0. The Balaban J connectivity index is 0. The predicted molar refractivity (Wildman–Crippen MR) is 3.60 cm³/mol. The number of hydrogen-bond donors (Lipinski definition) is 0. The van der Waals surface area contributed by atoms with Gasteiger partial charge in [0.2, 0.25) is 0 Å². The third-order valence-electron chi connectivity index (χ3n) is 0. The van der Waals surface area contributed by atoms with Crippen LogP contribution < -0.4 is 96.8 Å². The number of rotatable bonds is 0. The molecule has 1 radical (unpaired) electrons. The Bertz CT molecular complexity index is 20.5. The van der Waals surface area contributed by atoms with Crippen LogP contribution in [0.15, 0.2) is 0 Å². The van der Waals surface area contributed by atoms with Gasteiger partial charge in [0.25, 0.3) is 0 Å². The second-order valence-corrected chi connectivity index (χ2v) is 0. The van der Waals surface area contributed by atoms with Crippen LogP contribution in [0.2, 0.25) is 0 Å². The van der Waals surface area contributed by atoms with E-state index in [1.54, 1.807) is 0 Å². The zero-order valence-electron chi connectivity index (χ0n) is 7.19. The van der Waals surface area contributed by atoms with Crippen molar-refractivity contribution >= 4 is 0 Å². The predicted octanol–water partition coefficient (Wildman–Crippen LogP) is -12.0. The molecule has 0 atom stereocenters. The van der Waals surface area contributed by atoms with Gasteiger partial charge in [-0.25, -0.2) is 0 Å². The summed E-state index contributed by atoms with van der Waals surface area (Å²) in [6.45, 7) is 0. The number of hydrogen-bond acceptors (Lipinski definition) is 0. The average Bonchev–Trinajstić information content (AvgIpc) is 0. The van der Waals surface area contributed by atoms with Gasteiger partial charge >= 0.3 is 114 Å². The van der Waals surface area contributed by atoms with Crippen LogP contribution in [0.4, 0.5) is 0 Å². The van der Waals surface area contributed by atoms with Gasteiger partial charge in [-0.15, -0.1) is 0 Å². The van der Waals surface area contributed by atoms with Crippen molar-refractivity contribution in [2.24, 2.45) is 0 Å². The summed E-state index contributed by atoms with van der Waals surface area (Å²) in [5, 5.41) is 0. The molecule has 0 amide bonds. The molecule has 0 bridgehead atoms. The first kappa shape index (κ1) is 74.7. The van der Waals surface area contributed by atoms with E-state index in [4.69, 9.17) is 0 Å². The summed E-state index contributed by atoms with van der Waals surface area (Å²) < 4.78 is 0. The van der Waals surface area contributed by atoms with Crippen LogP contribution >= 0.6 is 0 Å². The van der Waals surface area contributed by atoms with E-state index < -0.39 is 0 Å². The third kappa shape index (κ3) is 42.5. The molecule has 0 aliphatic carbocycles. The van der Waals surface area contributed by atoms with Gasteiger partial charge in [-0.3, -0.25) is 0 Å². The molecule has 0 saturated heterocycles. The summed E-state index contributed by atoms with van der Waals surface area (Å²) in [4.78, 5) is 0. The van der Waals surface area contributed by atoms with Gasteiger partial charge in [-0.1, -0.05) is 0 Å². The summed E-state index contributed by atoms with van der Waals surface area (Å²) in [7, 11) is 0. The van der Waals surface area contributed by atoms with E-state index in [-0.39, 0.29) is 128 Å². The Labute approximate surface area is 125 Å². The maximum Gasteiger partial charge on any atom is 2.00 e. The first-order chi connectivity index (χ1) is 0. The summed E-state index contributed by atoms with van der Waals surface area (Å²) in [6, 6.07) is 0. The first-order valence-corrected chi connectivity index (χ1v) is 0. The molecular formula is H2Li2MnNa2O2. The van der Waals surface area contributed by atoms with Gasteiger partial charge in [0.1, 0.15) is 0 Å². The Kier molecular flexibility index (Phi) is 581. The molecule has 0 spiro atoms. The van der Waals surface area contributed by atoms with Crippen molar-refractivity contribution in [3.8, 4) is 0 Å². The summed E-state index contributed by atoms with van der Waals surface area (Å²) >= 11 is 0. The molecule has 2 nitrogen and oxygen atoms in total. The van der Waals surface area contributed by atoms with Crippen LogP contribution in [0.1, 0.15) is 2.85 Å². The zero-order chi connectivity index (χ0) is 0. The fourth-order valence-corrected chi connectivity index (χ4v) is 0. The molecule has 0 saturated carbocycles. The van der Waals surface area contributed by atoms with E-state index in [0.29, 0.717) is 0 Å². The van der Waals surface area contributed by atoms with Gasteiger partial charge in [-0.2, -0.15) is 0 Å². The van der Waals surface area contributed by atoms with E-state index in [1.807, 2.05) is 0 Å². The molecule has 0 N–H and O–H groups in total. The monoisotopic (exact) mass is 149 g/mol. The van der Waals surface area contributed by atoms with E-state index in [1.165, 1.54) is 0 Å². The minimum Gasteiger partial charge on any atom is -2.00 e. The maximum atomic E-state index is 0. The van der Waals surface area contributed by atoms with E-state index in [0.717, 1.165) is 0 Å². The van der Waals surface area contributed by atoms with Gasteiger partial charge in [0.15, 0.2) is 0 Å². The Morgan fingerprint density at radius 1 is 0.714 bits per heavy atom. The van der Waals surface area contributed by atoms with Gasteiger partial charge in [-0.05, 0) is 0 Å². The normalized spacial score (nSPS) is 0. The second kappa shape index (κ2) is 54.4. The van der Waals surface area contributed by atoms with Crippen LogP contribution in [0.3, 0.4) is 0 Å². The van der Waals surface area contributed by atoms with Crippen LogP contribution in [0.5, 0.6) is 0 Å². The molecule has 0 aromatic heterocycles. The first-order valence-electron chi connectivity index (χ1n) is 0. The van der Waals surface area contributed by atoms with E-state index in [2.05, 4.69) is 0 Å². The smallest absolute Gasteiger partial charge is 2.00 e. The molecule has 0 aliphatic rings. The SMILES string of the molecule is [H-].[H-].[Li+].[Li+].[Mn+2].[Na+].[Na+].[O-2].[O-2]. The van der Waals surface area contributed by atoms with E-state index in [9.17, 15) is 0 Å². The molecule has 7 heteroatoms. The quantitative estimate of drug-likeness (QED) is 0.307. The molecule has 0 aromatic carbocycles. The van der Waals surface area contributed by atoms with Crippen molar-refractivity contribution in [2.45, 2.75) is 0 Å². The third-order valence-corrected chi connectivity index (χ3v) is 0. The van der Waals surface area contributed by atoms with Crippen molar-refractivity contribution in [2.75, 3.05) is 0 Å². The van der Waals surface area contributed by atoms with Crippen LogP contribution in [-0.4, -0.2) is 0 Å². The minimum absolute atomic E-state index is 0. The summed E-state index contributed by atoms with van der Waals surface area (Å²) in [6.07, 6.45) is 0. The Morgan fingerprint density at radius 2 is 0.714 bits per heavy atom.